The van der Waals surface area contributed by atoms with Crippen LogP contribution in [0.25, 0.3) is 10.8 Å². The number of benzene rings is 2. The summed E-state index contributed by atoms with van der Waals surface area (Å²) in [6.45, 7) is 0.468. The standard InChI is InChI=1S/C20H19N5O3S/c21-12-17-13-23-25(19(17)22)20(26)15-7-9-24(10-8-15)29(27,28)18-6-5-14-3-1-2-4-16(14)11-18/h1-6,11,13,15H,7-10,22H2. The minimum Gasteiger partial charge on any atom is -0.382 e. The Morgan fingerprint density at radius 3 is 2.48 bits per heavy atom. The monoisotopic (exact) mass is 409 g/mol. The first-order valence-corrected chi connectivity index (χ1v) is 10.6. The number of aromatic nitrogens is 2. The van der Waals surface area contributed by atoms with E-state index in [2.05, 4.69) is 5.10 Å². The van der Waals surface area contributed by atoms with Gasteiger partial charge in [0.15, 0.2) is 0 Å². The zero-order chi connectivity index (χ0) is 20.6. The van der Waals surface area contributed by atoms with Gasteiger partial charge in [0.25, 0.3) is 5.91 Å². The number of hydrogen-bond donors (Lipinski definition) is 1. The Hall–Kier alpha value is -3.22. The fourth-order valence-electron chi connectivity index (χ4n) is 3.61. The molecule has 1 aliphatic rings. The van der Waals surface area contributed by atoms with Crippen molar-refractivity contribution in [3.63, 3.8) is 0 Å². The molecule has 1 saturated heterocycles. The van der Waals surface area contributed by atoms with E-state index in [1.165, 1.54) is 10.5 Å². The van der Waals surface area contributed by atoms with Crippen LogP contribution >= 0.6 is 0 Å². The summed E-state index contributed by atoms with van der Waals surface area (Å²) < 4.78 is 28.5. The smallest absolute Gasteiger partial charge is 0.251 e. The molecule has 0 aliphatic carbocycles. The topological polar surface area (TPSA) is 122 Å². The van der Waals surface area contributed by atoms with Gasteiger partial charge in [-0.2, -0.15) is 19.3 Å². The third-order valence-electron chi connectivity index (χ3n) is 5.30. The van der Waals surface area contributed by atoms with Crippen molar-refractivity contribution >= 4 is 32.5 Å². The maximum atomic E-state index is 13.0. The average Bonchev–Trinajstić information content (AvgIpc) is 3.13. The number of fused-ring (bicyclic) bond motifs is 1. The largest absolute Gasteiger partial charge is 0.382 e. The summed E-state index contributed by atoms with van der Waals surface area (Å²) in [7, 11) is -3.64. The third kappa shape index (κ3) is 3.37. The summed E-state index contributed by atoms with van der Waals surface area (Å²) in [5.74, 6) is -0.692. The van der Waals surface area contributed by atoms with Crippen molar-refractivity contribution < 1.29 is 13.2 Å². The van der Waals surface area contributed by atoms with Crippen molar-refractivity contribution in [2.75, 3.05) is 18.8 Å². The molecule has 0 radical (unpaired) electrons. The van der Waals surface area contributed by atoms with Crippen molar-refractivity contribution in [2.24, 2.45) is 5.92 Å². The minimum atomic E-state index is -3.64. The molecule has 2 N–H and O–H groups in total. The number of nitriles is 1. The molecule has 148 valence electrons. The van der Waals surface area contributed by atoms with E-state index in [0.717, 1.165) is 15.5 Å². The highest BCUT2D eigenvalue weighted by molar-refractivity contribution is 7.89. The van der Waals surface area contributed by atoms with Gasteiger partial charge < -0.3 is 5.73 Å². The average molecular weight is 409 g/mol. The lowest BCUT2D eigenvalue weighted by Crippen LogP contribution is -2.41. The summed E-state index contributed by atoms with van der Waals surface area (Å²) >= 11 is 0. The molecule has 0 bridgehead atoms. The molecule has 0 unspecified atom stereocenters. The summed E-state index contributed by atoms with van der Waals surface area (Å²) in [5.41, 5.74) is 5.94. The van der Waals surface area contributed by atoms with Gasteiger partial charge in [0.1, 0.15) is 17.5 Å². The lowest BCUT2D eigenvalue weighted by Gasteiger charge is -2.30. The molecule has 9 heteroatoms. The van der Waals surface area contributed by atoms with E-state index >= 15 is 0 Å². The van der Waals surface area contributed by atoms with Gasteiger partial charge in [-0.15, -0.1) is 0 Å². The van der Waals surface area contributed by atoms with E-state index in [0.29, 0.717) is 12.8 Å². The number of nitrogens with zero attached hydrogens (tertiary/aromatic N) is 4. The molecule has 0 spiro atoms. The molecule has 0 saturated carbocycles. The lowest BCUT2D eigenvalue weighted by molar-refractivity contribution is 0.0773. The van der Waals surface area contributed by atoms with Crippen molar-refractivity contribution in [1.29, 1.82) is 5.26 Å². The van der Waals surface area contributed by atoms with Crippen LogP contribution in [0, 0.1) is 17.2 Å². The van der Waals surface area contributed by atoms with Gasteiger partial charge in [-0.3, -0.25) is 4.79 Å². The SMILES string of the molecule is N#Cc1cnn(C(=O)C2CCN(S(=O)(=O)c3ccc4ccccc4c3)CC2)c1N. The van der Waals surface area contributed by atoms with Crippen LogP contribution in [-0.2, 0) is 10.0 Å². The van der Waals surface area contributed by atoms with Crippen molar-refractivity contribution in [3.8, 4) is 6.07 Å². The van der Waals surface area contributed by atoms with Crippen LogP contribution in [0.15, 0.2) is 53.6 Å². The molecule has 0 amide bonds. The van der Waals surface area contributed by atoms with Gasteiger partial charge in [-0.05, 0) is 35.7 Å². The van der Waals surface area contributed by atoms with Crippen LogP contribution < -0.4 is 5.73 Å². The van der Waals surface area contributed by atoms with Crippen LogP contribution in [0.5, 0.6) is 0 Å². The highest BCUT2D eigenvalue weighted by Gasteiger charge is 2.33. The number of piperidine rings is 1. The highest BCUT2D eigenvalue weighted by Crippen LogP contribution is 2.27. The summed E-state index contributed by atoms with van der Waals surface area (Å²) in [5, 5.41) is 14.7. The van der Waals surface area contributed by atoms with Gasteiger partial charge in [0, 0.05) is 19.0 Å². The lowest BCUT2D eigenvalue weighted by atomic mass is 9.97. The Kier molecular flexibility index (Phi) is 4.82. The molecule has 4 rings (SSSR count). The van der Waals surface area contributed by atoms with E-state index in [9.17, 15) is 13.2 Å². The molecular formula is C20H19N5O3S. The van der Waals surface area contributed by atoms with Gasteiger partial charge in [0.2, 0.25) is 10.0 Å². The minimum absolute atomic E-state index is 0.0173. The van der Waals surface area contributed by atoms with Crippen LogP contribution in [0.4, 0.5) is 5.82 Å². The number of sulfonamides is 1. The highest BCUT2D eigenvalue weighted by atomic mass is 32.2. The Balaban J connectivity index is 1.50. The van der Waals surface area contributed by atoms with Crippen LogP contribution in [0.1, 0.15) is 23.2 Å². The normalized spacial score (nSPS) is 16.0. The van der Waals surface area contributed by atoms with Crippen molar-refractivity contribution in [1.82, 2.24) is 14.1 Å². The molecule has 0 atom stereocenters. The van der Waals surface area contributed by atoms with Crippen LogP contribution in [-0.4, -0.2) is 41.5 Å². The maximum absolute atomic E-state index is 13.0. The maximum Gasteiger partial charge on any atom is 0.251 e. The number of hydrogen-bond acceptors (Lipinski definition) is 6. The van der Waals surface area contributed by atoms with E-state index in [4.69, 9.17) is 11.0 Å². The van der Waals surface area contributed by atoms with Crippen LogP contribution in [0.3, 0.4) is 0 Å². The first kappa shape index (κ1) is 19.1. The first-order valence-electron chi connectivity index (χ1n) is 9.18. The second-order valence-corrected chi connectivity index (χ2v) is 8.93. The molecule has 3 aromatic rings. The Morgan fingerprint density at radius 1 is 1.14 bits per heavy atom. The molecule has 2 aromatic carbocycles. The van der Waals surface area contributed by atoms with E-state index < -0.39 is 15.9 Å². The van der Waals surface area contributed by atoms with E-state index in [1.54, 1.807) is 18.2 Å². The van der Waals surface area contributed by atoms with E-state index in [1.807, 2.05) is 30.3 Å². The number of nitrogen functional groups attached to an aromatic ring is 1. The number of rotatable bonds is 3. The number of carbonyl (C=O) groups excluding carboxylic acids is 1. The predicted octanol–water partition coefficient (Wildman–Crippen LogP) is 2.23. The van der Waals surface area contributed by atoms with Gasteiger partial charge in [-0.1, -0.05) is 30.3 Å². The van der Waals surface area contributed by atoms with Crippen molar-refractivity contribution in [3.05, 3.63) is 54.2 Å². The predicted molar refractivity (Wildman–Crippen MR) is 107 cm³/mol. The summed E-state index contributed by atoms with van der Waals surface area (Å²) in [4.78, 5) is 12.9. The van der Waals surface area contributed by atoms with Crippen LogP contribution in [0.2, 0.25) is 0 Å². The number of nitrogens with two attached hydrogens (primary N) is 1. The zero-order valence-electron chi connectivity index (χ0n) is 15.5. The van der Waals surface area contributed by atoms with E-state index in [-0.39, 0.29) is 35.3 Å². The summed E-state index contributed by atoms with van der Waals surface area (Å²) in [6, 6.07) is 14.6. The molecule has 1 aliphatic heterocycles. The van der Waals surface area contributed by atoms with Gasteiger partial charge >= 0.3 is 0 Å². The number of anilines is 1. The van der Waals surface area contributed by atoms with Gasteiger partial charge in [-0.25, -0.2) is 8.42 Å². The van der Waals surface area contributed by atoms with Crippen molar-refractivity contribution in [2.45, 2.75) is 17.7 Å². The Morgan fingerprint density at radius 2 is 1.83 bits per heavy atom. The molecule has 2 heterocycles. The first-order chi connectivity index (χ1) is 13.9. The molecular weight excluding hydrogens is 390 g/mol. The fourth-order valence-corrected chi connectivity index (χ4v) is 5.12. The summed E-state index contributed by atoms with van der Waals surface area (Å²) in [6.07, 6.45) is 1.99. The second kappa shape index (κ2) is 7.31. The molecule has 1 fully saturated rings. The zero-order valence-corrected chi connectivity index (χ0v) is 16.3. The van der Waals surface area contributed by atoms with Gasteiger partial charge in [0.05, 0.1) is 11.1 Å². The fraction of sp³-hybridized carbons (Fsp3) is 0.250. The molecule has 8 nitrogen and oxygen atoms in total. The third-order valence-corrected chi connectivity index (χ3v) is 7.19. The molecule has 1 aromatic heterocycles. The Labute approximate surface area is 168 Å². The quantitative estimate of drug-likeness (QED) is 0.708. The molecule has 29 heavy (non-hydrogen) atoms. The Bertz CT molecular complexity index is 1230. The second-order valence-electron chi connectivity index (χ2n) is 6.99. The number of carbonyl (C=O) groups is 1.